The van der Waals surface area contributed by atoms with Gasteiger partial charge >= 0.3 is 0 Å². The van der Waals surface area contributed by atoms with Gasteiger partial charge in [0.1, 0.15) is 22.9 Å². The monoisotopic (exact) mass is 354 g/mol. The number of fused-ring (bicyclic) bond motifs is 4. The summed E-state index contributed by atoms with van der Waals surface area (Å²) in [4.78, 5) is 13.1. The van der Waals surface area contributed by atoms with Gasteiger partial charge in [0, 0.05) is 24.0 Å². The van der Waals surface area contributed by atoms with E-state index in [0.29, 0.717) is 41.2 Å². The van der Waals surface area contributed by atoms with Crippen molar-refractivity contribution in [2.75, 3.05) is 13.2 Å². The van der Waals surface area contributed by atoms with Gasteiger partial charge < -0.3 is 14.3 Å². The Labute approximate surface area is 150 Å². The smallest absolute Gasteiger partial charge is 0.197 e. The lowest BCUT2D eigenvalue weighted by Gasteiger charge is -2.30. The summed E-state index contributed by atoms with van der Waals surface area (Å²) in [6.07, 6.45) is 0.534. The van der Waals surface area contributed by atoms with Crippen molar-refractivity contribution in [3.8, 4) is 5.75 Å². The largest absolute Gasteiger partial charge is 0.493 e. The van der Waals surface area contributed by atoms with E-state index in [0.717, 1.165) is 5.56 Å². The lowest BCUT2D eigenvalue weighted by Crippen LogP contribution is -2.29. The van der Waals surface area contributed by atoms with Gasteiger partial charge in [0.25, 0.3) is 0 Å². The number of carbonyl (C=O) groups excluding carboxylic acids is 1. The Morgan fingerprint density at radius 2 is 2.04 bits per heavy atom. The van der Waals surface area contributed by atoms with E-state index in [2.05, 4.69) is 0 Å². The Morgan fingerprint density at radius 3 is 2.81 bits per heavy atom. The topological polar surface area (TPSA) is 59.7 Å². The summed E-state index contributed by atoms with van der Waals surface area (Å²) in [6.45, 7) is 4.36. The van der Waals surface area contributed by atoms with Crippen LogP contribution in [0.3, 0.4) is 0 Å². The third kappa shape index (κ3) is 2.35. The Bertz CT molecular complexity index is 1020. The fourth-order valence-corrected chi connectivity index (χ4v) is 3.60. The normalized spacial score (nSPS) is 15.0. The van der Waals surface area contributed by atoms with E-state index in [1.165, 1.54) is 6.07 Å². The van der Waals surface area contributed by atoms with Gasteiger partial charge in [0.15, 0.2) is 5.78 Å². The van der Waals surface area contributed by atoms with Crippen molar-refractivity contribution in [3.63, 3.8) is 0 Å². The number of ketones is 1. The molecule has 0 amide bonds. The summed E-state index contributed by atoms with van der Waals surface area (Å²) in [6, 6.07) is 9.87. The van der Waals surface area contributed by atoms with E-state index >= 15 is 0 Å². The van der Waals surface area contributed by atoms with Crippen LogP contribution in [0.15, 0.2) is 40.8 Å². The van der Waals surface area contributed by atoms with E-state index in [1.54, 1.807) is 24.3 Å². The first-order valence-corrected chi connectivity index (χ1v) is 8.59. The summed E-state index contributed by atoms with van der Waals surface area (Å²) in [5, 5.41) is 9.13. The molecule has 3 aromatic rings. The van der Waals surface area contributed by atoms with Crippen LogP contribution in [-0.2, 0) is 5.41 Å². The van der Waals surface area contributed by atoms with Crippen LogP contribution in [0.2, 0.25) is 0 Å². The summed E-state index contributed by atoms with van der Waals surface area (Å²) in [5.41, 5.74) is 1.40. The zero-order chi connectivity index (χ0) is 18.5. The first kappa shape index (κ1) is 16.8. The maximum Gasteiger partial charge on any atom is 0.197 e. The first-order valence-electron chi connectivity index (χ1n) is 8.59. The van der Waals surface area contributed by atoms with Crippen molar-refractivity contribution in [1.82, 2.24) is 0 Å². The zero-order valence-electron chi connectivity index (χ0n) is 14.6. The Morgan fingerprint density at radius 1 is 1.23 bits per heavy atom. The average Bonchev–Trinajstić information content (AvgIpc) is 3.02. The molecule has 0 spiro atoms. The highest BCUT2D eigenvalue weighted by Crippen LogP contribution is 2.46. The summed E-state index contributed by atoms with van der Waals surface area (Å²) < 4.78 is 26.0. The average molecular weight is 354 g/mol. The summed E-state index contributed by atoms with van der Waals surface area (Å²) in [5.74, 6) is 0.413. The molecule has 0 atom stereocenters. The van der Waals surface area contributed by atoms with Gasteiger partial charge in [-0.3, -0.25) is 4.79 Å². The molecule has 0 radical (unpaired) electrons. The lowest BCUT2D eigenvalue weighted by molar-refractivity contribution is 0.102. The molecule has 26 heavy (non-hydrogen) atoms. The van der Waals surface area contributed by atoms with Gasteiger partial charge in [-0.15, -0.1) is 0 Å². The van der Waals surface area contributed by atoms with Crippen LogP contribution in [-0.4, -0.2) is 24.1 Å². The van der Waals surface area contributed by atoms with Gasteiger partial charge in [0.2, 0.25) is 0 Å². The fourth-order valence-electron chi connectivity index (χ4n) is 3.60. The standard InChI is InChI=1S/C21H19FO4/c1-21(2)14-11-12(25-10-4-9-23)7-8-13(14)19(24)18-17-15(22)5-3-6-16(17)26-20(18)21/h3,5-8,11,23H,4,9-10H2,1-2H3. The second-order valence-electron chi connectivity index (χ2n) is 7.01. The molecule has 0 saturated carbocycles. The third-order valence-corrected chi connectivity index (χ3v) is 4.94. The van der Waals surface area contributed by atoms with Crippen molar-refractivity contribution in [3.05, 3.63) is 64.7 Å². The molecule has 1 N–H and O–H groups in total. The highest BCUT2D eigenvalue weighted by atomic mass is 19.1. The number of hydrogen-bond donors (Lipinski definition) is 1. The Kier molecular flexibility index (Phi) is 3.84. The predicted molar refractivity (Wildman–Crippen MR) is 95.4 cm³/mol. The first-order chi connectivity index (χ1) is 12.4. The molecule has 5 heteroatoms. The molecule has 4 nitrogen and oxygen atoms in total. The van der Waals surface area contributed by atoms with Crippen LogP contribution in [0.25, 0.3) is 11.0 Å². The lowest BCUT2D eigenvalue weighted by atomic mass is 9.71. The highest BCUT2D eigenvalue weighted by Gasteiger charge is 2.42. The van der Waals surface area contributed by atoms with Crippen LogP contribution in [0.1, 0.15) is 47.5 Å². The fraction of sp³-hybridized carbons (Fsp3) is 0.286. The van der Waals surface area contributed by atoms with Crippen molar-refractivity contribution in [2.24, 2.45) is 0 Å². The van der Waals surface area contributed by atoms with Crippen molar-refractivity contribution in [1.29, 1.82) is 0 Å². The van der Waals surface area contributed by atoms with Crippen LogP contribution < -0.4 is 4.74 Å². The molecule has 2 aromatic carbocycles. The molecule has 0 fully saturated rings. The highest BCUT2D eigenvalue weighted by molar-refractivity contribution is 6.19. The number of halogens is 1. The van der Waals surface area contributed by atoms with Crippen LogP contribution in [0, 0.1) is 5.82 Å². The second kappa shape index (κ2) is 5.95. The molecule has 134 valence electrons. The molecular weight excluding hydrogens is 335 g/mol. The number of rotatable bonds is 4. The Balaban J connectivity index is 1.88. The number of hydrogen-bond acceptors (Lipinski definition) is 4. The van der Waals surface area contributed by atoms with E-state index in [4.69, 9.17) is 14.3 Å². The molecule has 0 saturated heterocycles. The second-order valence-corrected chi connectivity index (χ2v) is 7.01. The molecule has 4 rings (SSSR count). The van der Waals surface area contributed by atoms with Crippen molar-refractivity contribution < 1.29 is 23.4 Å². The minimum absolute atomic E-state index is 0.0584. The van der Waals surface area contributed by atoms with E-state index in [-0.39, 0.29) is 17.8 Å². The minimum Gasteiger partial charge on any atom is -0.493 e. The van der Waals surface area contributed by atoms with Crippen LogP contribution in [0.5, 0.6) is 5.75 Å². The minimum atomic E-state index is -0.611. The van der Waals surface area contributed by atoms with E-state index in [9.17, 15) is 9.18 Å². The van der Waals surface area contributed by atoms with Gasteiger partial charge in [-0.05, 0) is 49.7 Å². The van der Waals surface area contributed by atoms with E-state index in [1.807, 2.05) is 19.9 Å². The maximum absolute atomic E-state index is 14.4. The molecular formula is C21H19FO4. The molecule has 1 heterocycles. The predicted octanol–water partition coefficient (Wildman–Crippen LogP) is 4.20. The number of aliphatic hydroxyl groups is 1. The Hall–Kier alpha value is -2.66. The number of aliphatic hydroxyl groups excluding tert-OH is 1. The molecule has 0 aliphatic heterocycles. The van der Waals surface area contributed by atoms with Gasteiger partial charge in [0.05, 0.1) is 17.6 Å². The molecule has 1 aliphatic rings. The van der Waals surface area contributed by atoms with Gasteiger partial charge in [-0.25, -0.2) is 4.39 Å². The van der Waals surface area contributed by atoms with Crippen LogP contribution in [0.4, 0.5) is 4.39 Å². The zero-order valence-corrected chi connectivity index (χ0v) is 14.6. The number of ether oxygens (including phenoxy) is 1. The SMILES string of the molecule is CC1(C)c2cc(OCCCO)ccc2C(=O)c2c1oc1cccc(F)c21. The summed E-state index contributed by atoms with van der Waals surface area (Å²) >= 11 is 0. The summed E-state index contributed by atoms with van der Waals surface area (Å²) in [7, 11) is 0. The van der Waals surface area contributed by atoms with Crippen LogP contribution >= 0.6 is 0 Å². The third-order valence-electron chi connectivity index (χ3n) is 4.94. The number of furan rings is 1. The molecule has 0 unspecified atom stereocenters. The van der Waals surface area contributed by atoms with E-state index < -0.39 is 11.2 Å². The molecule has 0 bridgehead atoms. The maximum atomic E-state index is 14.4. The molecule has 1 aromatic heterocycles. The number of benzene rings is 2. The van der Waals surface area contributed by atoms with Crippen molar-refractivity contribution >= 4 is 16.8 Å². The number of carbonyl (C=O) groups is 1. The quantitative estimate of drug-likeness (QED) is 0.713. The molecule has 1 aliphatic carbocycles. The van der Waals surface area contributed by atoms with Gasteiger partial charge in [-0.2, -0.15) is 0 Å². The van der Waals surface area contributed by atoms with Gasteiger partial charge in [-0.1, -0.05) is 6.07 Å². The van der Waals surface area contributed by atoms with Crippen molar-refractivity contribution in [2.45, 2.75) is 25.7 Å².